The zero-order valence-corrected chi connectivity index (χ0v) is 15.0. The van der Waals surface area contributed by atoms with Crippen LogP contribution in [-0.4, -0.2) is 14.6 Å². The van der Waals surface area contributed by atoms with Crippen molar-refractivity contribution in [3.63, 3.8) is 0 Å². The molecular weight excluding hydrogens is 330 g/mol. The lowest BCUT2D eigenvalue weighted by atomic mass is 10.0. The Morgan fingerprint density at radius 1 is 0.920 bits per heavy atom. The number of halogens is 1. The minimum Gasteiger partial charge on any atom is -0.236 e. The highest BCUT2D eigenvalue weighted by molar-refractivity contribution is 6.30. The number of hydrogen-bond acceptors (Lipinski definition) is 2. The van der Waals surface area contributed by atoms with Crippen molar-refractivity contribution in [2.45, 2.75) is 20.3 Å². The van der Waals surface area contributed by atoms with Crippen LogP contribution in [0.2, 0.25) is 5.02 Å². The first kappa shape index (κ1) is 15.9. The lowest BCUT2D eigenvalue weighted by Gasteiger charge is -2.06. The van der Waals surface area contributed by atoms with Gasteiger partial charge in [0.05, 0.1) is 11.4 Å². The van der Waals surface area contributed by atoms with Crippen molar-refractivity contribution in [2.75, 3.05) is 0 Å². The van der Waals surface area contributed by atoms with E-state index in [0.717, 1.165) is 45.2 Å². The van der Waals surface area contributed by atoms with Crippen LogP contribution in [-0.2, 0) is 6.42 Å². The summed E-state index contributed by atoms with van der Waals surface area (Å²) in [5.74, 6) is 0. The Morgan fingerprint density at radius 2 is 1.60 bits per heavy atom. The molecule has 4 rings (SSSR count). The van der Waals surface area contributed by atoms with Crippen molar-refractivity contribution >= 4 is 17.2 Å². The van der Waals surface area contributed by atoms with E-state index in [0.29, 0.717) is 0 Å². The summed E-state index contributed by atoms with van der Waals surface area (Å²) in [6.45, 7) is 4.21. The van der Waals surface area contributed by atoms with Crippen molar-refractivity contribution in [3.05, 3.63) is 77.1 Å². The van der Waals surface area contributed by atoms with Gasteiger partial charge in [-0.25, -0.2) is 9.50 Å². The molecule has 3 nitrogen and oxygen atoms in total. The molecule has 0 radical (unpaired) electrons. The summed E-state index contributed by atoms with van der Waals surface area (Å²) in [5.41, 5.74) is 7.49. The van der Waals surface area contributed by atoms with E-state index in [2.05, 4.69) is 43.1 Å². The molecule has 0 saturated carbocycles. The maximum atomic E-state index is 6.05. The molecule has 0 N–H and O–H groups in total. The van der Waals surface area contributed by atoms with E-state index in [9.17, 15) is 0 Å². The summed E-state index contributed by atoms with van der Waals surface area (Å²) in [6.07, 6.45) is 2.69. The van der Waals surface area contributed by atoms with Gasteiger partial charge in [-0.3, -0.25) is 0 Å². The van der Waals surface area contributed by atoms with Crippen LogP contribution in [0.1, 0.15) is 18.2 Å². The first-order valence-electron chi connectivity index (χ1n) is 8.37. The fourth-order valence-corrected chi connectivity index (χ4v) is 3.22. The van der Waals surface area contributed by atoms with Crippen LogP contribution < -0.4 is 0 Å². The van der Waals surface area contributed by atoms with Crippen LogP contribution >= 0.6 is 11.6 Å². The number of hydrogen-bond donors (Lipinski definition) is 0. The minimum atomic E-state index is 0.728. The fraction of sp³-hybridized carbons (Fsp3) is 0.143. The molecule has 4 heteroatoms. The Balaban J connectivity index is 1.97. The predicted molar refractivity (Wildman–Crippen MR) is 103 cm³/mol. The molecule has 0 amide bonds. The lowest BCUT2D eigenvalue weighted by Crippen LogP contribution is -1.96. The van der Waals surface area contributed by atoms with E-state index >= 15 is 0 Å². The molecule has 2 heterocycles. The molecule has 0 aliphatic heterocycles. The van der Waals surface area contributed by atoms with E-state index in [1.165, 1.54) is 5.56 Å². The Bertz CT molecular complexity index is 1030. The van der Waals surface area contributed by atoms with Crippen LogP contribution in [0, 0.1) is 6.92 Å². The highest BCUT2D eigenvalue weighted by atomic mass is 35.5. The number of aryl methyl sites for hydroxylation is 2. The van der Waals surface area contributed by atoms with Gasteiger partial charge in [-0.1, -0.05) is 60.5 Å². The van der Waals surface area contributed by atoms with E-state index in [-0.39, 0.29) is 0 Å². The van der Waals surface area contributed by atoms with Gasteiger partial charge >= 0.3 is 0 Å². The van der Waals surface area contributed by atoms with E-state index < -0.39 is 0 Å². The highest BCUT2D eigenvalue weighted by Gasteiger charge is 2.17. The topological polar surface area (TPSA) is 30.2 Å². The van der Waals surface area contributed by atoms with Crippen molar-refractivity contribution in [1.29, 1.82) is 0 Å². The first-order valence-corrected chi connectivity index (χ1v) is 8.74. The molecule has 0 saturated heterocycles. The summed E-state index contributed by atoms with van der Waals surface area (Å²) in [6, 6.07) is 18.4. The van der Waals surface area contributed by atoms with Crippen LogP contribution in [0.25, 0.3) is 28.0 Å². The summed E-state index contributed by atoms with van der Waals surface area (Å²) in [4.78, 5) is 4.62. The molecule has 124 valence electrons. The molecule has 0 bridgehead atoms. The van der Waals surface area contributed by atoms with Gasteiger partial charge < -0.3 is 0 Å². The largest absolute Gasteiger partial charge is 0.236 e. The molecule has 0 aliphatic rings. The van der Waals surface area contributed by atoms with Gasteiger partial charge in [0.1, 0.15) is 0 Å². The normalized spacial score (nSPS) is 11.2. The van der Waals surface area contributed by atoms with Gasteiger partial charge in [-0.2, -0.15) is 5.10 Å². The SMILES string of the molecule is CCc1nn2c(-c3ccc(C)cc3)ccnc2c1-c1ccc(Cl)cc1. The highest BCUT2D eigenvalue weighted by Crippen LogP contribution is 2.31. The molecule has 2 aromatic carbocycles. The summed E-state index contributed by atoms with van der Waals surface area (Å²) in [5, 5.41) is 5.58. The zero-order chi connectivity index (χ0) is 17.4. The van der Waals surface area contributed by atoms with Gasteiger partial charge in [-0.15, -0.1) is 0 Å². The third-order valence-corrected chi connectivity index (χ3v) is 4.66. The second-order valence-electron chi connectivity index (χ2n) is 6.11. The predicted octanol–water partition coefficient (Wildman–Crippen LogP) is 5.59. The number of rotatable bonds is 3. The number of fused-ring (bicyclic) bond motifs is 1. The van der Waals surface area contributed by atoms with E-state index in [4.69, 9.17) is 16.7 Å². The van der Waals surface area contributed by atoms with Gasteiger partial charge in [0.25, 0.3) is 0 Å². The van der Waals surface area contributed by atoms with Gasteiger partial charge in [-0.05, 0) is 37.1 Å². The minimum absolute atomic E-state index is 0.728. The summed E-state index contributed by atoms with van der Waals surface area (Å²) < 4.78 is 1.95. The van der Waals surface area contributed by atoms with E-state index in [1.807, 2.05) is 41.0 Å². The van der Waals surface area contributed by atoms with Crippen molar-refractivity contribution in [3.8, 4) is 22.4 Å². The van der Waals surface area contributed by atoms with Crippen LogP contribution in [0.3, 0.4) is 0 Å². The quantitative estimate of drug-likeness (QED) is 0.483. The van der Waals surface area contributed by atoms with Crippen molar-refractivity contribution in [2.24, 2.45) is 0 Å². The second kappa shape index (κ2) is 6.34. The zero-order valence-electron chi connectivity index (χ0n) is 14.2. The molecule has 25 heavy (non-hydrogen) atoms. The number of benzene rings is 2. The second-order valence-corrected chi connectivity index (χ2v) is 6.55. The van der Waals surface area contributed by atoms with Crippen LogP contribution in [0.15, 0.2) is 60.8 Å². The molecule has 0 spiro atoms. The van der Waals surface area contributed by atoms with Gasteiger partial charge in [0.2, 0.25) is 0 Å². The molecule has 2 aromatic heterocycles. The molecule has 0 fully saturated rings. The van der Waals surface area contributed by atoms with E-state index in [1.54, 1.807) is 0 Å². The Labute approximate surface area is 151 Å². The van der Waals surface area contributed by atoms with Crippen LogP contribution in [0.5, 0.6) is 0 Å². The average molecular weight is 348 g/mol. The van der Waals surface area contributed by atoms with Crippen LogP contribution in [0.4, 0.5) is 0 Å². The molecule has 0 atom stereocenters. The maximum Gasteiger partial charge on any atom is 0.163 e. The Hall–Kier alpha value is -2.65. The Kier molecular flexibility index (Phi) is 4.02. The van der Waals surface area contributed by atoms with Gasteiger partial charge in [0, 0.05) is 22.3 Å². The Morgan fingerprint density at radius 3 is 2.28 bits per heavy atom. The molecule has 0 unspecified atom stereocenters. The smallest absolute Gasteiger partial charge is 0.163 e. The number of nitrogens with zero attached hydrogens (tertiary/aromatic N) is 3. The first-order chi connectivity index (χ1) is 12.2. The summed E-state index contributed by atoms with van der Waals surface area (Å²) in [7, 11) is 0. The standard InChI is InChI=1S/C21H18ClN3/c1-3-18-20(16-8-10-17(22)11-9-16)21-23-13-12-19(25(21)24-18)15-6-4-14(2)5-7-15/h4-13H,3H2,1-2H3. The number of aromatic nitrogens is 3. The fourth-order valence-electron chi connectivity index (χ4n) is 3.09. The third-order valence-electron chi connectivity index (χ3n) is 4.41. The van der Waals surface area contributed by atoms with Crippen molar-refractivity contribution in [1.82, 2.24) is 14.6 Å². The third kappa shape index (κ3) is 2.81. The maximum absolute atomic E-state index is 6.05. The molecule has 0 aliphatic carbocycles. The average Bonchev–Trinajstić information content (AvgIpc) is 3.02. The molecular formula is C21H18ClN3. The monoisotopic (exact) mass is 347 g/mol. The lowest BCUT2D eigenvalue weighted by molar-refractivity contribution is 0.893. The summed E-state index contributed by atoms with van der Waals surface area (Å²) >= 11 is 6.05. The van der Waals surface area contributed by atoms with Gasteiger partial charge in [0.15, 0.2) is 5.65 Å². The molecule has 4 aromatic rings. The van der Waals surface area contributed by atoms with Crippen molar-refractivity contribution < 1.29 is 0 Å².